The van der Waals surface area contributed by atoms with Crippen molar-refractivity contribution in [1.29, 1.82) is 0 Å². The van der Waals surface area contributed by atoms with Gasteiger partial charge in [-0.1, -0.05) is 118 Å². The molecule has 0 bridgehead atoms. The predicted octanol–water partition coefficient (Wildman–Crippen LogP) is 10.9. The van der Waals surface area contributed by atoms with Gasteiger partial charge in [0.15, 0.2) is 0 Å². The first kappa shape index (κ1) is 43.1. The van der Waals surface area contributed by atoms with Gasteiger partial charge in [-0.3, -0.25) is 0 Å². The maximum absolute atomic E-state index is 10.2. The second-order valence-corrected chi connectivity index (χ2v) is 16.0. The zero-order valence-electron chi connectivity index (χ0n) is 33.6. The van der Waals surface area contributed by atoms with Crippen LogP contribution in [0.25, 0.3) is 11.1 Å². The topological polar surface area (TPSA) is 84.0 Å². The fourth-order valence-corrected chi connectivity index (χ4v) is 8.06. The molecule has 2 heterocycles. The Morgan fingerprint density at radius 3 is 1.33 bits per heavy atom. The van der Waals surface area contributed by atoms with Crippen LogP contribution in [0.2, 0.25) is 0 Å². The summed E-state index contributed by atoms with van der Waals surface area (Å²) in [5.41, 5.74) is 13.0. The third-order valence-corrected chi connectivity index (χ3v) is 11.7. The third kappa shape index (κ3) is 8.35. The van der Waals surface area contributed by atoms with Gasteiger partial charge >= 0.3 is 0 Å². The monoisotopic (exact) mass is 851 g/mol. The molecule has 2 fully saturated rings. The van der Waals surface area contributed by atoms with Crippen molar-refractivity contribution in [3.63, 3.8) is 0 Å². The van der Waals surface area contributed by atoms with Gasteiger partial charge in [-0.05, 0) is 119 Å². The van der Waals surface area contributed by atoms with E-state index < -0.39 is 5.41 Å². The Balaban J connectivity index is 0.000000190. The normalized spacial score (nSPS) is 16.7. The molecule has 0 aromatic heterocycles. The molecular weight excluding hydrogens is 797 g/mol. The fourth-order valence-electron chi connectivity index (χ4n) is 8.06. The summed E-state index contributed by atoms with van der Waals surface area (Å²) >= 11 is 0. The summed E-state index contributed by atoms with van der Waals surface area (Å²) in [7, 11) is 0. The van der Waals surface area contributed by atoms with Gasteiger partial charge < -0.3 is 29.2 Å². The molecule has 3 aliphatic rings. The van der Waals surface area contributed by atoms with Crippen LogP contribution in [0.5, 0.6) is 23.0 Å². The van der Waals surface area contributed by atoms with Crippen LogP contribution >= 0.6 is 0 Å². The molecule has 0 amide bonds. The summed E-state index contributed by atoms with van der Waals surface area (Å²) in [6, 6.07) is 41.8. The van der Waals surface area contributed by atoms with E-state index in [1.165, 1.54) is 33.4 Å². The summed E-state index contributed by atoms with van der Waals surface area (Å²) in [5.74, 6) is 2.47. The van der Waals surface area contributed by atoms with E-state index >= 15 is 0 Å². The molecule has 0 spiro atoms. The number of ether oxygens (including phenoxy) is 4. The van der Waals surface area contributed by atoms with Crippen molar-refractivity contribution in [3.8, 4) is 34.1 Å². The van der Waals surface area contributed by atoms with Crippen molar-refractivity contribution < 1.29 is 61.9 Å². The van der Waals surface area contributed by atoms with E-state index in [1.807, 2.05) is 26.0 Å². The summed E-state index contributed by atoms with van der Waals surface area (Å²) in [5, 5.41) is 20.4. The Morgan fingerprint density at radius 2 is 0.966 bits per heavy atom. The minimum Gasteiger partial charge on any atom is -0.508 e. The summed E-state index contributed by atoms with van der Waals surface area (Å²) in [6.45, 7) is 15.5. The molecule has 9 rings (SSSR count). The molecule has 2 N–H and O–H groups in total. The van der Waals surface area contributed by atoms with Crippen LogP contribution in [0.1, 0.15) is 76.9 Å². The molecule has 297 valence electrons. The van der Waals surface area contributed by atoms with Crippen molar-refractivity contribution in [2.24, 2.45) is 0 Å². The van der Waals surface area contributed by atoms with Crippen LogP contribution in [-0.2, 0) is 53.0 Å². The number of benzene rings is 6. The van der Waals surface area contributed by atoms with Crippen molar-refractivity contribution >= 4 is 0 Å². The Kier molecular flexibility index (Phi) is 12.9. The van der Waals surface area contributed by atoms with Gasteiger partial charge in [-0.15, -0.1) is 0 Å². The Labute approximate surface area is 369 Å². The third-order valence-electron chi connectivity index (χ3n) is 11.7. The maximum atomic E-state index is 10.2. The average Bonchev–Trinajstić information content (AvgIpc) is 4.15. The van der Waals surface area contributed by atoms with Gasteiger partial charge in [0.25, 0.3) is 0 Å². The van der Waals surface area contributed by atoms with Gasteiger partial charge in [0.1, 0.15) is 48.4 Å². The number of phenols is 2. The van der Waals surface area contributed by atoms with E-state index in [0.717, 1.165) is 58.1 Å². The van der Waals surface area contributed by atoms with Crippen LogP contribution in [0, 0.1) is 27.7 Å². The molecule has 1 aliphatic carbocycles. The van der Waals surface area contributed by atoms with E-state index in [1.54, 1.807) is 12.1 Å². The smallest absolute Gasteiger partial charge is 0.122 e. The number of aryl methyl sites for hydroxylation is 4. The van der Waals surface area contributed by atoms with Crippen LogP contribution in [0.4, 0.5) is 0 Å². The molecule has 2 unspecified atom stereocenters. The van der Waals surface area contributed by atoms with Crippen molar-refractivity contribution in [2.45, 2.75) is 72.0 Å². The molecule has 58 heavy (non-hydrogen) atoms. The summed E-state index contributed by atoms with van der Waals surface area (Å²) in [6.07, 6.45) is 0.548. The molecule has 1 radical (unpaired) electrons. The van der Waals surface area contributed by atoms with E-state index in [4.69, 9.17) is 18.9 Å². The van der Waals surface area contributed by atoms with Crippen LogP contribution in [-0.4, -0.2) is 48.8 Å². The Morgan fingerprint density at radius 1 is 0.569 bits per heavy atom. The second kappa shape index (κ2) is 17.4. The van der Waals surface area contributed by atoms with E-state index in [2.05, 4.69) is 125 Å². The number of rotatable bonds is 10. The molecule has 2 atom stereocenters. The van der Waals surface area contributed by atoms with Gasteiger partial charge in [-0.2, -0.15) is 0 Å². The SMILES string of the molecule is C.Cc1cc(C(C)(C)c2ccc(OCC3CO3)c(C)c2)ccc1OCC1CO1.Cc1cc(C2(c3ccc(O)c(C)c3)c3ccccc3-c3ccccc32)ccc1O.[Y]. The van der Waals surface area contributed by atoms with Gasteiger partial charge in [0, 0.05) is 38.1 Å². The molecule has 2 saturated heterocycles. The molecule has 7 heteroatoms. The summed E-state index contributed by atoms with van der Waals surface area (Å²) < 4.78 is 22.2. The first-order chi connectivity index (χ1) is 27.0. The van der Waals surface area contributed by atoms with Gasteiger partial charge in [0.2, 0.25) is 0 Å². The Bertz CT molecular complexity index is 2240. The van der Waals surface area contributed by atoms with Crippen molar-refractivity contribution in [2.75, 3.05) is 26.4 Å². The number of hydrogen-bond donors (Lipinski definition) is 2. The number of fused-ring (bicyclic) bond motifs is 3. The standard InChI is InChI=1S/C27H22O2.C23H28O4.CH4.Y/c1-17-15-19(11-13-25(17)28)27(20-12-14-26(29)18(2)16-20)23-9-5-3-7-21(23)22-8-4-6-10-24(22)27;1-15-9-17(5-7-21(15)26-13-19-11-24-19)23(3,4)18-6-8-22(16(2)10-18)27-14-20-12-25-20;;/h3-16,28-29H,1-2H3;5-10,19-20H,11-14H2,1-4H3;1H4;. The van der Waals surface area contributed by atoms with E-state index in [0.29, 0.717) is 24.7 Å². The van der Waals surface area contributed by atoms with Crippen molar-refractivity contribution in [1.82, 2.24) is 0 Å². The maximum Gasteiger partial charge on any atom is 0.122 e. The minimum absolute atomic E-state index is 0. The van der Waals surface area contributed by atoms with Gasteiger partial charge in [-0.25, -0.2) is 0 Å². The summed E-state index contributed by atoms with van der Waals surface area (Å²) in [4.78, 5) is 0. The van der Waals surface area contributed by atoms with Crippen LogP contribution < -0.4 is 9.47 Å². The zero-order valence-corrected chi connectivity index (χ0v) is 36.5. The fraction of sp³-hybridized carbons (Fsp3) is 0.294. The van der Waals surface area contributed by atoms with Crippen molar-refractivity contribution in [3.05, 3.63) is 177 Å². The molecule has 2 aliphatic heterocycles. The molecule has 6 aromatic carbocycles. The molecule has 0 saturated carbocycles. The number of phenolic OH excluding ortho intramolecular Hbond substituents is 2. The minimum atomic E-state index is -0.510. The van der Waals surface area contributed by atoms with Gasteiger partial charge in [0.05, 0.1) is 18.6 Å². The zero-order chi connectivity index (χ0) is 39.2. The van der Waals surface area contributed by atoms with E-state index in [9.17, 15) is 10.2 Å². The molecular formula is C51H54O6Y. The first-order valence-corrected chi connectivity index (χ1v) is 19.5. The van der Waals surface area contributed by atoms with Crippen LogP contribution in [0.15, 0.2) is 121 Å². The average molecular weight is 852 g/mol. The number of epoxide rings is 2. The Hall–Kier alpha value is -4.46. The number of hydrogen-bond acceptors (Lipinski definition) is 6. The molecule has 6 nitrogen and oxygen atoms in total. The quantitative estimate of drug-likeness (QED) is 0.133. The first-order valence-electron chi connectivity index (χ1n) is 19.5. The van der Waals surface area contributed by atoms with Crippen LogP contribution in [0.3, 0.4) is 0 Å². The largest absolute Gasteiger partial charge is 0.508 e. The second-order valence-electron chi connectivity index (χ2n) is 16.0. The predicted molar refractivity (Wildman–Crippen MR) is 228 cm³/mol. The number of aromatic hydroxyl groups is 2. The molecule has 6 aromatic rings. The van der Waals surface area contributed by atoms with E-state index in [-0.39, 0.29) is 57.8 Å².